The van der Waals surface area contributed by atoms with Crippen LogP contribution in [-0.2, 0) is 9.84 Å². The summed E-state index contributed by atoms with van der Waals surface area (Å²) >= 11 is 0. The first-order valence-electron chi connectivity index (χ1n) is 8.82. The number of nitrogens with zero attached hydrogens (tertiary/aromatic N) is 1. The standard InChI is InChI=1S/C16H33N3O2S.HI/c1-3-5-6-7-8-9-10-12-18-16(17-4-2)19-15-11-13-22(20,21)14-15;/h15H,3-14H2,1-2H3,(H2,17,18,19);1H. The van der Waals surface area contributed by atoms with Gasteiger partial charge in [-0.2, -0.15) is 0 Å². The van der Waals surface area contributed by atoms with E-state index >= 15 is 0 Å². The van der Waals surface area contributed by atoms with Crippen molar-refractivity contribution in [3.05, 3.63) is 0 Å². The monoisotopic (exact) mass is 459 g/mol. The molecule has 0 spiro atoms. The summed E-state index contributed by atoms with van der Waals surface area (Å²) in [6.45, 7) is 5.86. The molecule has 1 aliphatic heterocycles. The van der Waals surface area contributed by atoms with Crippen LogP contribution in [-0.4, -0.2) is 45.0 Å². The normalized spacial score (nSPS) is 20.1. The second-order valence-electron chi connectivity index (χ2n) is 6.13. The molecule has 1 unspecified atom stereocenters. The summed E-state index contributed by atoms with van der Waals surface area (Å²) in [7, 11) is -2.84. The SMILES string of the molecule is CCCCCCCCCN=C(NCC)NC1CCS(=O)(=O)C1.I. The summed E-state index contributed by atoms with van der Waals surface area (Å²) < 4.78 is 23.0. The van der Waals surface area contributed by atoms with Crippen molar-refractivity contribution in [2.45, 2.75) is 71.3 Å². The van der Waals surface area contributed by atoms with Crippen molar-refractivity contribution in [3.63, 3.8) is 0 Å². The van der Waals surface area contributed by atoms with Crippen LogP contribution >= 0.6 is 24.0 Å². The largest absolute Gasteiger partial charge is 0.357 e. The van der Waals surface area contributed by atoms with Gasteiger partial charge in [-0.1, -0.05) is 45.4 Å². The molecule has 23 heavy (non-hydrogen) atoms. The Morgan fingerprint density at radius 1 is 1.09 bits per heavy atom. The van der Waals surface area contributed by atoms with Crippen LogP contribution in [0.4, 0.5) is 0 Å². The smallest absolute Gasteiger partial charge is 0.191 e. The molecule has 0 radical (unpaired) electrons. The van der Waals surface area contributed by atoms with E-state index in [2.05, 4.69) is 22.5 Å². The Hall–Kier alpha value is -0.0500. The van der Waals surface area contributed by atoms with Crippen LogP contribution in [0.1, 0.15) is 65.2 Å². The number of halogens is 1. The molecule has 0 aromatic rings. The number of aliphatic imine (C=N–C) groups is 1. The Bertz CT molecular complexity index is 427. The Morgan fingerprint density at radius 3 is 2.30 bits per heavy atom. The summed E-state index contributed by atoms with van der Waals surface area (Å²) in [6.07, 6.45) is 9.62. The van der Waals surface area contributed by atoms with Crippen LogP contribution in [0, 0.1) is 0 Å². The summed E-state index contributed by atoms with van der Waals surface area (Å²) in [5.41, 5.74) is 0. The molecule has 0 bridgehead atoms. The lowest BCUT2D eigenvalue weighted by Crippen LogP contribution is -2.44. The van der Waals surface area contributed by atoms with Crippen molar-refractivity contribution < 1.29 is 8.42 Å². The van der Waals surface area contributed by atoms with E-state index in [1.165, 1.54) is 38.5 Å². The highest BCUT2D eigenvalue weighted by Crippen LogP contribution is 2.11. The molecular formula is C16H34IN3O2S. The molecule has 7 heteroatoms. The van der Waals surface area contributed by atoms with E-state index in [0.29, 0.717) is 12.2 Å². The molecule has 1 fully saturated rings. The minimum Gasteiger partial charge on any atom is -0.357 e. The minimum atomic E-state index is -2.84. The number of sulfone groups is 1. The van der Waals surface area contributed by atoms with E-state index in [1.807, 2.05) is 6.92 Å². The third kappa shape index (κ3) is 11.2. The van der Waals surface area contributed by atoms with Crippen LogP contribution in [0.25, 0.3) is 0 Å². The highest BCUT2D eigenvalue weighted by molar-refractivity contribution is 14.0. The second-order valence-corrected chi connectivity index (χ2v) is 8.35. The fraction of sp³-hybridized carbons (Fsp3) is 0.938. The molecular weight excluding hydrogens is 425 g/mol. The number of hydrogen-bond donors (Lipinski definition) is 2. The van der Waals surface area contributed by atoms with E-state index < -0.39 is 9.84 Å². The topological polar surface area (TPSA) is 70.6 Å². The molecule has 0 aromatic carbocycles. The van der Waals surface area contributed by atoms with E-state index in [9.17, 15) is 8.42 Å². The molecule has 138 valence electrons. The summed E-state index contributed by atoms with van der Waals surface area (Å²) in [5.74, 6) is 1.28. The lowest BCUT2D eigenvalue weighted by molar-refractivity contribution is 0.590. The third-order valence-corrected chi connectivity index (χ3v) is 5.72. The van der Waals surface area contributed by atoms with Gasteiger partial charge in [-0.05, 0) is 19.8 Å². The molecule has 0 saturated carbocycles. The van der Waals surface area contributed by atoms with Crippen LogP contribution in [0.15, 0.2) is 4.99 Å². The van der Waals surface area contributed by atoms with Gasteiger partial charge in [0.1, 0.15) is 0 Å². The number of guanidine groups is 1. The summed E-state index contributed by atoms with van der Waals surface area (Å²) in [6, 6.07) is 0.0110. The van der Waals surface area contributed by atoms with Gasteiger partial charge in [0.05, 0.1) is 11.5 Å². The first kappa shape index (κ1) is 22.9. The first-order chi connectivity index (χ1) is 10.6. The Kier molecular flexibility index (Phi) is 13.2. The van der Waals surface area contributed by atoms with Crippen LogP contribution < -0.4 is 10.6 Å². The average Bonchev–Trinajstić information content (AvgIpc) is 2.81. The molecule has 5 nitrogen and oxygen atoms in total. The predicted molar refractivity (Wildman–Crippen MR) is 110 cm³/mol. The highest BCUT2D eigenvalue weighted by atomic mass is 127. The number of nitrogens with one attached hydrogen (secondary N) is 2. The van der Waals surface area contributed by atoms with Crippen molar-refractivity contribution in [3.8, 4) is 0 Å². The van der Waals surface area contributed by atoms with Gasteiger partial charge in [0, 0.05) is 19.1 Å². The summed E-state index contributed by atoms with van der Waals surface area (Å²) in [5, 5.41) is 6.45. The van der Waals surface area contributed by atoms with Gasteiger partial charge in [-0.15, -0.1) is 24.0 Å². The number of unbranched alkanes of at least 4 members (excludes halogenated alkanes) is 6. The summed E-state index contributed by atoms with van der Waals surface area (Å²) in [4.78, 5) is 4.56. The zero-order valence-corrected chi connectivity index (χ0v) is 17.8. The molecule has 1 saturated heterocycles. The highest BCUT2D eigenvalue weighted by Gasteiger charge is 2.28. The van der Waals surface area contributed by atoms with E-state index in [-0.39, 0.29) is 35.8 Å². The van der Waals surface area contributed by atoms with Gasteiger partial charge in [0.25, 0.3) is 0 Å². The molecule has 0 amide bonds. The Labute approximate surface area is 159 Å². The molecule has 1 atom stereocenters. The number of rotatable bonds is 10. The zero-order chi connectivity index (χ0) is 16.3. The van der Waals surface area contributed by atoms with Crippen LogP contribution in [0.5, 0.6) is 0 Å². The minimum absolute atomic E-state index is 0. The molecule has 1 rings (SSSR count). The van der Waals surface area contributed by atoms with Gasteiger partial charge in [-0.25, -0.2) is 8.42 Å². The lowest BCUT2D eigenvalue weighted by atomic mass is 10.1. The molecule has 1 heterocycles. The second kappa shape index (κ2) is 13.3. The van der Waals surface area contributed by atoms with Crippen molar-refractivity contribution in [2.24, 2.45) is 4.99 Å². The zero-order valence-electron chi connectivity index (χ0n) is 14.6. The Balaban J connectivity index is 0.00000484. The predicted octanol–water partition coefficient (Wildman–Crippen LogP) is 3.10. The average molecular weight is 459 g/mol. The molecule has 0 aliphatic carbocycles. The van der Waals surface area contributed by atoms with Gasteiger partial charge in [-0.3, -0.25) is 4.99 Å². The molecule has 1 aliphatic rings. The van der Waals surface area contributed by atoms with Crippen LogP contribution in [0.3, 0.4) is 0 Å². The van der Waals surface area contributed by atoms with Crippen molar-refractivity contribution >= 4 is 39.8 Å². The van der Waals surface area contributed by atoms with Gasteiger partial charge >= 0.3 is 0 Å². The number of hydrogen-bond acceptors (Lipinski definition) is 3. The van der Waals surface area contributed by atoms with E-state index in [1.54, 1.807) is 0 Å². The van der Waals surface area contributed by atoms with Gasteiger partial charge in [0.2, 0.25) is 0 Å². The van der Waals surface area contributed by atoms with Crippen molar-refractivity contribution in [1.29, 1.82) is 0 Å². The van der Waals surface area contributed by atoms with E-state index in [0.717, 1.165) is 25.5 Å². The van der Waals surface area contributed by atoms with Crippen LogP contribution in [0.2, 0.25) is 0 Å². The lowest BCUT2D eigenvalue weighted by Gasteiger charge is -2.15. The maximum atomic E-state index is 11.5. The molecule has 2 N–H and O–H groups in total. The van der Waals surface area contributed by atoms with Crippen molar-refractivity contribution in [2.75, 3.05) is 24.6 Å². The van der Waals surface area contributed by atoms with Gasteiger partial charge in [0.15, 0.2) is 15.8 Å². The van der Waals surface area contributed by atoms with E-state index in [4.69, 9.17) is 0 Å². The maximum Gasteiger partial charge on any atom is 0.191 e. The quantitative estimate of drug-likeness (QED) is 0.228. The maximum absolute atomic E-state index is 11.5. The fourth-order valence-corrected chi connectivity index (χ4v) is 4.36. The Morgan fingerprint density at radius 2 is 1.74 bits per heavy atom. The van der Waals surface area contributed by atoms with Crippen molar-refractivity contribution in [1.82, 2.24) is 10.6 Å². The fourth-order valence-electron chi connectivity index (χ4n) is 2.68. The third-order valence-electron chi connectivity index (χ3n) is 3.95. The first-order valence-corrected chi connectivity index (χ1v) is 10.6. The molecule has 0 aromatic heterocycles. The van der Waals surface area contributed by atoms with Gasteiger partial charge < -0.3 is 10.6 Å².